The average molecular weight is 223 g/mol. The highest BCUT2D eigenvalue weighted by Crippen LogP contribution is 2.31. The van der Waals surface area contributed by atoms with Gasteiger partial charge in [-0.25, -0.2) is 0 Å². The van der Waals surface area contributed by atoms with Crippen LogP contribution >= 0.6 is 0 Å². The maximum absolute atomic E-state index is 11.2. The zero-order valence-corrected chi connectivity index (χ0v) is 9.47. The molecule has 0 bridgehead atoms. The van der Waals surface area contributed by atoms with Crippen LogP contribution in [0.3, 0.4) is 0 Å². The zero-order valence-electron chi connectivity index (χ0n) is 9.47. The molecule has 0 unspecified atom stereocenters. The third kappa shape index (κ3) is 1.62. The Morgan fingerprint density at radius 2 is 1.76 bits per heavy atom. The van der Waals surface area contributed by atoms with Gasteiger partial charge < -0.3 is 4.57 Å². The van der Waals surface area contributed by atoms with E-state index in [1.807, 2.05) is 35.2 Å². The van der Waals surface area contributed by atoms with Crippen molar-refractivity contribution in [2.24, 2.45) is 0 Å². The predicted molar refractivity (Wildman–Crippen MR) is 67.6 cm³/mol. The van der Waals surface area contributed by atoms with E-state index < -0.39 is 0 Å². The third-order valence-electron chi connectivity index (χ3n) is 3.25. The van der Waals surface area contributed by atoms with Crippen LogP contribution in [-0.2, 0) is 11.2 Å². The molecule has 1 aromatic carbocycles. The monoisotopic (exact) mass is 223 g/mol. The number of hydrogen-bond donors (Lipinski definition) is 0. The van der Waals surface area contributed by atoms with Gasteiger partial charge in [-0.3, -0.25) is 4.79 Å². The summed E-state index contributed by atoms with van der Waals surface area (Å²) in [6.07, 6.45) is 6.75. The van der Waals surface area contributed by atoms with E-state index in [-0.39, 0.29) is 0 Å². The minimum Gasteiger partial charge on any atom is -0.323 e. The van der Waals surface area contributed by atoms with Crippen LogP contribution in [0.15, 0.2) is 54.4 Å². The molecule has 1 aliphatic rings. The SMILES string of the molecule is O=CC1=C(n2cccc2)c2ccccc2CC1. The van der Waals surface area contributed by atoms with Crippen LogP contribution < -0.4 is 0 Å². The maximum Gasteiger partial charge on any atom is 0.148 e. The fourth-order valence-corrected chi connectivity index (χ4v) is 2.43. The largest absolute Gasteiger partial charge is 0.323 e. The summed E-state index contributed by atoms with van der Waals surface area (Å²) in [7, 11) is 0. The Labute approximate surface area is 100 Å². The second-order valence-electron chi connectivity index (χ2n) is 4.24. The number of carbonyl (C=O) groups is 1. The van der Waals surface area contributed by atoms with Gasteiger partial charge in [-0.15, -0.1) is 0 Å². The fraction of sp³-hybridized carbons (Fsp3) is 0.133. The first-order valence-electron chi connectivity index (χ1n) is 5.80. The Balaban J connectivity index is 2.25. The van der Waals surface area contributed by atoms with Gasteiger partial charge in [0.05, 0.1) is 5.70 Å². The van der Waals surface area contributed by atoms with E-state index in [0.29, 0.717) is 0 Å². The van der Waals surface area contributed by atoms with Crippen LogP contribution in [0.1, 0.15) is 17.5 Å². The Morgan fingerprint density at radius 1 is 1.00 bits per heavy atom. The van der Waals surface area contributed by atoms with Gasteiger partial charge >= 0.3 is 0 Å². The summed E-state index contributed by atoms with van der Waals surface area (Å²) < 4.78 is 2.03. The lowest BCUT2D eigenvalue weighted by atomic mass is 9.90. The molecule has 2 heteroatoms. The summed E-state index contributed by atoms with van der Waals surface area (Å²) in [5.41, 5.74) is 4.42. The molecular weight excluding hydrogens is 210 g/mol. The molecule has 0 atom stereocenters. The van der Waals surface area contributed by atoms with Crippen molar-refractivity contribution in [1.82, 2.24) is 4.57 Å². The third-order valence-corrected chi connectivity index (χ3v) is 3.25. The second kappa shape index (κ2) is 4.06. The number of carbonyl (C=O) groups excluding carboxylic acids is 1. The molecule has 2 nitrogen and oxygen atoms in total. The molecular formula is C15H13NO. The van der Waals surface area contributed by atoms with Crippen molar-refractivity contribution in [3.63, 3.8) is 0 Å². The lowest BCUT2D eigenvalue weighted by Gasteiger charge is -2.21. The molecule has 0 spiro atoms. The Kier molecular flexibility index (Phi) is 2.41. The topological polar surface area (TPSA) is 22.0 Å². The van der Waals surface area contributed by atoms with Crippen molar-refractivity contribution in [2.45, 2.75) is 12.8 Å². The van der Waals surface area contributed by atoms with Crippen LogP contribution in [0.5, 0.6) is 0 Å². The molecule has 0 saturated heterocycles. The first-order chi connectivity index (χ1) is 8.40. The highest BCUT2D eigenvalue weighted by Gasteiger charge is 2.18. The zero-order chi connectivity index (χ0) is 11.7. The molecule has 0 amide bonds. The molecule has 0 radical (unpaired) electrons. The minimum atomic E-state index is 0.827. The molecule has 0 saturated carbocycles. The average Bonchev–Trinajstić information content (AvgIpc) is 2.91. The summed E-state index contributed by atoms with van der Waals surface area (Å²) in [4.78, 5) is 11.2. The normalized spacial score (nSPS) is 14.6. The van der Waals surface area contributed by atoms with Gasteiger partial charge in [0.1, 0.15) is 6.29 Å². The standard InChI is InChI=1S/C15H13NO/c17-11-13-8-7-12-5-1-2-6-14(12)15(13)16-9-3-4-10-16/h1-6,9-11H,7-8H2. The molecule has 0 N–H and O–H groups in total. The molecule has 0 aliphatic heterocycles. The maximum atomic E-state index is 11.2. The number of aryl methyl sites for hydroxylation is 1. The lowest BCUT2D eigenvalue weighted by molar-refractivity contribution is -0.105. The number of allylic oxidation sites excluding steroid dienone is 1. The molecule has 84 valence electrons. The van der Waals surface area contributed by atoms with Gasteiger partial charge in [-0.05, 0) is 30.5 Å². The van der Waals surface area contributed by atoms with Gasteiger partial charge in [-0.1, -0.05) is 24.3 Å². The number of fused-ring (bicyclic) bond motifs is 1. The van der Waals surface area contributed by atoms with E-state index >= 15 is 0 Å². The summed E-state index contributed by atoms with van der Waals surface area (Å²) in [5, 5.41) is 0. The van der Waals surface area contributed by atoms with Crippen molar-refractivity contribution < 1.29 is 4.79 Å². The molecule has 1 aliphatic carbocycles. The van der Waals surface area contributed by atoms with E-state index in [2.05, 4.69) is 18.2 Å². The van der Waals surface area contributed by atoms with E-state index in [1.165, 1.54) is 11.1 Å². The van der Waals surface area contributed by atoms with Crippen LogP contribution in [0.4, 0.5) is 0 Å². The van der Waals surface area contributed by atoms with Gasteiger partial charge in [0, 0.05) is 23.5 Å². The summed E-state index contributed by atoms with van der Waals surface area (Å²) in [6, 6.07) is 12.3. The molecule has 0 fully saturated rings. The number of benzene rings is 1. The second-order valence-corrected chi connectivity index (χ2v) is 4.24. The lowest BCUT2D eigenvalue weighted by Crippen LogP contribution is -2.10. The van der Waals surface area contributed by atoms with E-state index in [1.54, 1.807) is 0 Å². The Morgan fingerprint density at radius 3 is 2.53 bits per heavy atom. The van der Waals surface area contributed by atoms with Crippen LogP contribution in [0.25, 0.3) is 5.70 Å². The number of nitrogens with zero attached hydrogens (tertiary/aromatic N) is 1. The van der Waals surface area contributed by atoms with Gasteiger partial charge in [0.25, 0.3) is 0 Å². The summed E-state index contributed by atoms with van der Waals surface area (Å²) in [6.45, 7) is 0. The summed E-state index contributed by atoms with van der Waals surface area (Å²) >= 11 is 0. The highest BCUT2D eigenvalue weighted by atomic mass is 16.1. The number of rotatable bonds is 2. The highest BCUT2D eigenvalue weighted by molar-refractivity contribution is 5.90. The van der Waals surface area contributed by atoms with E-state index in [4.69, 9.17) is 0 Å². The number of hydrogen-bond acceptors (Lipinski definition) is 1. The predicted octanol–water partition coefficient (Wildman–Crippen LogP) is 2.89. The van der Waals surface area contributed by atoms with E-state index in [0.717, 1.165) is 30.4 Å². The molecule has 3 rings (SSSR count). The van der Waals surface area contributed by atoms with E-state index in [9.17, 15) is 4.79 Å². The van der Waals surface area contributed by atoms with Gasteiger partial charge in [0.2, 0.25) is 0 Å². The molecule has 2 aromatic rings. The van der Waals surface area contributed by atoms with Crippen molar-refractivity contribution in [3.05, 3.63) is 65.5 Å². The van der Waals surface area contributed by atoms with Crippen molar-refractivity contribution in [3.8, 4) is 0 Å². The van der Waals surface area contributed by atoms with Crippen LogP contribution in [-0.4, -0.2) is 10.9 Å². The smallest absolute Gasteiger partial charge is 0.148 e. The Hall–Kier alpha value is -2.09. The summed E-state index contributed by atoms with van der Waals surface area (Å²) in [5.74, 6) is 0. The van der Waals surface area contributed by atoms with Crippen molar-refractivity contribution in [1.29, 1.82) is 0 Å². The van der Waals surface area contributed by atoms with Crippen LogP contribution in [0, 0.1) is 0 Å². The number of aromatic nitrogens is 1. The molecule has 17 heavy (non-hydrogen) atoms. The Bertz CT molecular complexity index is 579. The fourth-order valence-electron chi connectivity index (χ4n) is 2.43. The van der Waals surface area contributed by atoms with Gasteiger partial charge in [0.15, 0.2) is 0 Å². The van der Waals surface area contributed by atoms with Crippen molar-refractivity contribution >= 4 is 12.0 Å². The van der Waals surface area contributed by atoms with Crippen molar-refractivity contribution in [2.75, 3.05) is 0 Å². The molecule has 1 aromatic heterocycles. The quantitative estimate of drug-likeness (QED) is 0.717. The number of aldehydes is 1. The van der Waals surface area contributed by atoms with Gasteiger partial charge in [-0.2, -0.15) is 0 Å². The first-order valence-corrected chi connectivity index (χ1v) is 5.80. The van der Waals surface area contributed by atoms with Crippen LogP contribution in [0.2, 0.25) is 0 Å². The first kappa shape index (κ1) is 10.1. The molecule has 1 heterocycles. The minimum absolute atomic E-state index is 0.827.